The monoisotopic (exact) mass is 331 g/mol. The molecule has 0 radical (unpaired) electrons. The molecular weight excluding hydrogens is 314 g/mol. The molecule has 1 aliphatic rings. The Balaban J connectivity index is 2.00. The van der Waals surface area contributed by atoms with Crippen molar-refractivity contribution < 1.29 is 4.79 Å². The van der Waals surface area contributed by atoms with Crippen LogP contribution in [0.15, 0.2) is 15.9 Å². The van der Waals surface area contributed by atoms with Gasteiger partial charge >= 0.3 is 0 Å². The second-order valence-electron chi connectivity index (χ2n) is 4.44. The average molecular weight is 332 g/mol. The summed E-state index contributed by atoms with van der Waals surface area (Å²) < 4.78 is 1.14. The molecule has 4 nitrogen and oxygen atoms in total. The van der Waals surface area contributed by atoms with Gasteiger partial charge in [-0.1, -0.05) is 0 Å². The van der Waals surface area contributed by atoms with Gasteiger partial charge in [0, 0.05) is 44.5 Å². The summed E-state index contributed by atoms with van der Waals surface area (Å²) in [6.07, 6.45) is 0. The molecule has 0 aromatic carbocycles. The lowest BCUT2D eigenvalue weighted by Crippen LogP contribution is -2.50. The lowest BCUT2D eigenvalue weighted by atomic mass is 10.1. The standard InChI is InChI=1S/C12H18BrN3OS/c1-9(17)15-4-6-16(7-5-15)10(8-14)11-2-3-12(13)18-11/h2-3,10H,4-8,14H2,1H3. The van der Waals surface area contributed by atoms with Gasteiger partial charge in [-0.15, -0.1) is 11.3 Å². The van der Waals surface area contributed by atoms with Gasteiger partial charge in [-0.3, -0.25) is 9.69 Å². The van der Waals surface area contributed by atoms with E-state index in [0.717, 1.165) is 30.0 Å². The maximum atomic E-state index is 11.3. The third-order valence-electron chi connectivity index (χ3n) is 3.35. The minimum atomic E-state index is 0.165. The fourth-order valence-corrected chi connectivity index (χ4v) is 3.87. The molecule has 2 rings (SSSR count). The fourth-order valence-electron chi connectivity index (χ4n) is 2.30. The smallest absolute Gasteiger partial charge is 0.219 e. The lowest BCUT2D eigenvalue weighted by molar-refractivity contribution is -0.130. The fraction of sp³-hybridized carbons (Fsp3) is 0.583. The van der Waals surface area contributed by atoms with E-state index in [-0.39, 0.29) is 11.9 Å². The molecule has 2 N–H and O–H groups in total. The SMILES string of the molecule is CC(=O)N1CCN(C(CN)c2ccc(Br)s2)CC1. The Morgan fingerprint density at radius 1 is 1.44 bits per heavy atom. The highest BCUT2D eigenvalue weighted by Gasteiger charge is 2.25. The van der Waals surface area contributed by atoms with Crippen molar-refractivity contribution in [2.75, 3.05) is 32.7 Å². The first-order chi connectivity index (χ1) is 8.61. The molecule has 1 fully saturated rings. The molecule has 1 unspecified atom stereocenters. The molecule has 6 heteroatoms. The van der Waals surface area contributed by atoms with Crippen LogP contribution in [0.3, 0.4) is 0 Å². The molecule has 100 valence electrons. The summed E-state index contributed by atoms with van der Waals surface area (Å²) in [7, 11) is 0. The molecule has 0 spiro atoms. The molecule has 0 saturated carbocycles. The maximum Gasteiger partial charge on any atom is 0.219 e. The van der Waals surface area contributed by atoms with Gasteiger partial charge in [-0.2, -0.15) is 0 Å². The Morgan fingerprint density at radius 2 is 2.11 bits per heavy atom. The summed E-state index contributed by atoms with van der Waals surface area (Å²) in [5.41, 5.74) is 5.91. The van der Waals surface area contributed by atoms with Crippen LogP contribution in [0, 0.1) is 0 Å². The van der Waals surface area contributed by atoms with Crippen LogP contribution in [0.4, 0.5) is 0 Å². The minimum Gasteiger partial charge on any atom is -0.340 e. The van der Waals surface area contributed by atoms with Crippen molar-refractivity contribution in [2.24, 2.45) is 5.73 Å². The first kappa shape index (κ1) is 14.0. The van der Waals surface area contributed by atoms with E-state index in [4.69, 9.17) is 5.73 Å². The van der Waals surface area contributed by atoms with Crippen molar-refractivity contribution in [3.8, 4) is 0 Å². The minimum absolute atomic E-state index is 0.165. The average Bonchev–Trinajstić information content (AvgIpc) is 2.77. The quantitative estimate of drug-likeness (QED) is 0.916. The number of amides is 1. The largest absolute Gasteiger partial charge is 0.340 e. The Bertz CT molecular complexity index is 415. The summed E-state index contributed by atoms with van der Waals surface area (Å²) in [6, 6.07) is 4.47. The summed E-state index contributed by atoms with van der Waals surface area (Å²) >= 11 is 5.22. The summed E-state index contributed by atoms with van der Waals surface area (Å²) in [5.74, 6) is 0.165. The molecule has 18 heavy (non-hydrogen) atoms. The molecule has 0 aliphatic carbocycles. The van der Waals surface area contributed by atoms with Crippen LogP contribution in [0.1, 0.15) is 17.8 Å². The Kier molecular flexibility index (Phi) is 4.77. The van der Waals surface area contributed by atoms with Crippen LogP contribution in [-0.4, -0.2) is 48.4 Å². The Labute approximate surface area is 120 Å². The zero-order valence-electron chi connectivity index (χ0n) is 10.4. The van der Waals surface area contributed by atoms with Gasteiger partial charge in [-0.25, -0.2) is 0 Å². The van der Waals surface area contributed by atoms with E-state index in [1.165, 1.54) is 4.88 Å². The van der Waals surface area contributed by atoms with Crippen LogP contribution in [-0.2, 0) is 4.79 Å². The van der Waals surface area contributed by atoms with Gasteiger partial charge in [0.05, 0.1) is 9.83 Å². The van der Waals surface area contributed by atoms with Crippen LogP contribution < -0.4 is 5.73 Å². The first-order valence-electron chi connectivity index (χ1n) is 6.06. The number of rotatable bonds is 3. The van der Waals surface area contributed by atoms with Crippen LogP contribution in [0.5, 0.6) is 0 Å². The zero-order valence-corrected chi connectivity index (χ0v) is 12.8. The highest BCUT2D eigenvalue weighted by atomic mass is 79.9. The molecule has 1 aromatic rings. The van der Waals surface area contributed by atoms with E-state index < -0.39 is 0 Å². The summed E-state index contributed by atoms with van der Waals surface area (Å²) in [5, 5.41) is 0. The Hall–Kier alpha value is -0.430. The van der Waals surface area contributed by atoms with Crippen molar-refractivity contribution in [3.63, 3.8) is 0 Å². The predicted octanol–water partition coefficient (Wildman–Crippen LogP) is 1.67. The predicted molar refractivity (Wildman–Crippen MR) is 77.6 cm³/mol. The van der Waals surface area contributed by atoms with Crippen LogP contribution >= 0.6 is 27.3 Å². The summed E-state index contributed by atoms with van der Waals surface area (Å²) in [4.78, 5) is 16.9. The number of piperazine rings is 1. The molecule has 1 saturated heterocycles. The number of carbonyl (C=O) groups is 1. The van der Waals surface area contributed by atoms with Crippen molar-refractivity contribution in [3.05, 3.63) is 20.8 Å². The third kappa shape index (κ3) is 3.12. The van der Waals surface area contributed by atoms with Gasteiger partial charge in [0.2, 0.25) is 5.91 Å². The zero-order chi connectivity index (χ0) is 13.1. The van der Waals surface area contributed by atoms with E-state index in [2.05, 4.69) is 33.0 Å². The van der Waals surface area contributed by atoms with Crippen LogP contribution in [0.2, 0.25) is 0 Å². The highest BCUT2D eigenvalue weighted by molar-refractivity contribution is 9.11. The van der Waals surface area contributed by atoms with Gasteiger partial charge in [0.15, 0.2) is 0 Å². The van der Waals surface area contributed by atoms with Crippen molar-refractivity contribution >= 4 is 33.2 Å². The van der Waals surface area contributed by atoms with E-state index >= 15 is 0 Å². The van der Waals surface area contributed by atoms with Gasteiger partial charge < -0.3 is 10.6 Å². The molecule has 1 amide bonds. The number of thiophene rings is 1. The van der Waals surface area contributed by atoms with Gasteiger partial charge in [0.25, 0.3) is 0 Å². The van der Waals surface area contributed by atoms with E-state index in [9.17, 15) is 4.79 Å². The second-order valence-corrected chi connectivity index (χ2v) is 6.93. The molecule has 1 atom stereocenters. The van der Waals surface area contributed by atoms with Crippen LogP contribution in [0.25, 0.3) is 0 Å². The first-order valence-corrected chi connectivity index (χ1v) is 7.67. The number of halogens is 1. The lowest BCUT2D eigenvalue weighted by Gasteiger charge is -2.38. The van der Waals surface area contributed by atoms with Gasteiger partial charge in [0.1, 0.15) is 0 Å². The number of nitrogens with two attached hydrogens (primary N) is 1. The number of nitrogens with zero attached hydrogens (tertiary/aromatic N) is 2. The van der Waals surface area contributed by atoms with Crippen molar-refractivity contribution in [1.29, 1.82) is 0 Å². The maximum absolute atomic E-state index is 11.3. The highest BCUT2D eigenvalue weighted by Crippen LogP contribution is 2.30. The third-order valence-corrected chi connectivity index (χ3v) is 5.07. The molecule has 0 bridgehead atoms. The molecule has 2 heterocycles. The number of hydrogen-bond donors (Lipinski definition) is 1. The summed E-state index contributed by atoms with van der Waals surface area (Å²) in [6.45, 7) is 5.66. The molecular formula is C12H18BrN3OS. The topological polar surface area (TPSA) is 49.6 Å². The molecule has 1 aromatic heterocycles. The van der Waals surface area contributed by atoms with E-state index in [1.54, 1.807) is 18.3 Å². The normalized spacial score (nSPS) is 18.9. The number of hydrogen-bond acceptors (Lipinski definition) is 4. The Morgan fingerprint density at radius 3 is 2.56 bits per heavy atom. The number of carbonyl (C=O) groups excluding carboxylic acids is 1. The second kappa shape index (κ2) is 6.14. The van der Waals surface area contributed by atoms with Crippen molar-refractivity contribution in [2.45, 2.75) is 13.0 Å². The van der Waals surface area contributed by atoms with E-state index in [0.29, 0.717) is 6.54 Å². The van der Waals surface area contributed by atoms with Crippen molar-refractivity contribution in [1.82, 2.24) is 9.80 Å². The molecule has 1 aliphatic heterocycles. The van der Waals surface area contributed by atoms with E-state index in [1.807, 2.05) is 4.90 Å². The van der Waals surface area contributed by atoms with Gasteiger partial charge in [-0.05, 0) is 28.1 Å².